The summed E-state index contributed by atoms with van der Waals surface area (Å²) in [7, 11) is 0. The van der Waals surface area contributed by atoms with Gasteiger partial charge in [-0.15, -0.1) is 0 Å². The molecule has 0 aromatic rings. The van der Waals surface area contributed by atoms with Gasteiger partial charge >= 0.3 is 0 Å². The molecule has 19 heavy (non-hydrogen) atoms. The van der Waals surface area contributed by atoms with Crippen molar-refractivity contribution >= 4 is 0 Å². The maximum Gasteiger partial charge on any atom is 0.0907 e. The lowest BCUT2D eigenvalue weighted by molar-refractivity contribution is -0.941. The highest BCUT2D eigenvalue weighted by Crippen LogP contribution is 2.41. The van der Waals surface area contributed by atoms with Crippen LogP contribution in [0.5, 0.6) is 0 Å². The third-order valence-electron chi connectivity index (χ3n) is 5.85. The minimum absolute atomic E-state index is 0.169. The Labute approximate surface area is 117 Å². The van der Waals surface area contributed by atoms with Crippen molar-refractivity contribution in [3.63, 3.8) is 0 Å². The molecule has 3 aliphatic rings. The molecule has 0 radical (unpaired) electrons. The number of quaternary nitrogens is 1. The molecule has 110 valence electrons. The van der Waals surface area contributed by atoms with Crippen molar-refractivity contribution in [3.8, 4) is 0 Å². The van der Waals surface area contributed by atoms with Crippen LogP contribution in [0.3, 0.4) is 0 Å². The molecule has 3 aliphatic heterocycles. The molecule has 0 spiro atoms. The van der Waals surface area contributed by atoms with E-state index in [2.05, 4.69) is 12.2 Å². The van der Waals surface area contributed by atoms with Crippen molar-refractivity contribution in [1.29, 1.82) is 0 Å². The first-order valence-electron chi connectivity index (χ1n) is 8.50. The van der Waals surface area contributed by atoms with Crippen LogP contribution in [0.4, 0.5) is 0 Å². The number of hydroxylamine groups is 3. The zero-order valence-corrected chi connectivity index (χ0v) is 12.4. The third-order valence-corrected chi connectivity index (χ3v) is 5.85. The molecule has 1 N–H and O–H groups in total. The predicted molar refractivity (Wildman–Crippen MR) is 78.6 cm³/mol. The van der Waals surface area contributed by atoms with E-state index in [1.807, 2.05) is 0 Å². The Morgan fingerprint density at radius 2 is 1.95 bits per heavy atom. The summed E-state index contributed by atoms with van der Waals surface area (Å²) in [5.41, 5.74) is 0. The van der Waals surface area contributed by atoms with Crippen LogP contribution < -0.4 is 5.32 Å². The number of nitrogens with one attached hydrogen (secondary N) is 1. The first-order valence-corrected chi connectivity index (χ1v) is 8.50. The summed E-state index contributed by atoms with van der Waals surface area (Å²) in [6.45, 7) is 4.42. The Morgan fingerprint density at radius 1 is 1.11 bits per heavy atom. The van der Waals surface area contributed by atoms with Gasteiger partial charge in [0.25, 0.3) is 0 Å². The smallest absolute Gasteiger partial charge is 0.0907 e. The lowest BCUT2D eigenvalue weighted by atomic mass is 9.79. The lowest BCUT2D eigenvalue weighted by Gasteiger charge is -2.60. The molecular weight excluding hydrogens is 236 g/mol. The fourth-order valence-electron chi connectivity index (χ4n) is 4.85. The molecule has 5 atom stereocenters. The zero-order chi connectivity index (χ0) is 13.3. The Hall–Kier alpha value is -0.120. The number of piperidine rings is 3. The molecule has 3 saturated heterocycles. The molecule has 3 nitrogen and oxygen atoms in total. The van der Waals surface area contributed by atoms with E-state index < -0.39 is 0 Å². The molecule has 0 saturated carbocycles. The van der Waals surface area contributed by atoms with Crippen LogP contribution in [0.25, 0.3) is 0 Å². The van der Waals surface area contributed by atoms with Gasteiger partial charge in [0.15, 0.2) is 0 Å². The van der Waals surface area contributed by atoms with Gasteiger partial charge in [-0.1, -0.05) is 13.3 Å². The summed E-state index contributed by atoms with van der Waals surface area (Å²) in [6.07, 6.45) is 11.1. The fourth-order valence-corrected chi connectivity index (χ4v) is 4.85. The van der Waals surface area contributed by atoms with E-state index in [9.17, 15) is 5.21 Å². The van der Waals surface area contributed by atoms with E-state index >= 15 is 0 Å². The van der Waals surface area contributed by atoms with Gasteiger partial charge in [-0.25, -0.2) is 0 Å². The number of hydrogen-bond donors (Lipinski definition) is 1. The van der Waals surface area contributed by atoms with Crippen molar-refractivity contribution in [2.24, 2.45) is 5.92 Å². The van der Waals surface area contributed by atoms with Gasteiger partial charge in [0.1, 0.15) is 0 Å². The van der Waals surface area contributed by atoms with E-state index in [1.165, 1.54) is 38.5 Å². The summed E-state index contributed by atoms with van der Waals surface area (Å²) in [5, 5.41) is 17.0. The SMILES string of the molecule is C[C@@H]1C[C@H](C[C@H]2CCCCN2)[N+]2([O-])CCCC[C@H]2C1. The first kappa shape index (κ1) is 13.8. The Kier molecular flexibility index (Phi) is 4.16. The minimum Gasteiger partial charge on any atom is -0.632 e. The molecule has 0 aliphatic carbocycles. The molecule has 3 fully saturated rings. The lowest BCUT2D eigenvalue weighted by Crippen LogP contribution is -2.64. The molecule has 1 unspecified atom stereocenters. The van der Waals surface area contributed by atoms with Gasteiger partial charge < -0.3 is 15.2 Å². The summed E-state index contributed by atoms with van der Waals surface area (Å²) in [6, 6.07) is 1.42. The highest BCUT2D eigenvalue weighted by molar-refractivity contribution is 4.85. The van der Waals surface area contributed by atoms with Crippen molar-refractivity contribution in [2.75, 3.05) is 13.1 Å². The van der Waals surface area contributed by atoms with E-state index in [0.717, 1.165) is 38.3 Å². The van der Waals surface area contributed by atoms with E-state index in [0.29, 0.717) is 18.1 Å². The van der Waals surface area contributed by atoms with Crippen molar-refractivity contribution in [1.82, 2.24) is 5.32 Å². The summed E-state index contributed by atoms with van der Waals surface area (Å²) >= 11 is 0. The second kappa shape index (κ2) is 5.71. The average Bonchev–Trinajstić information content (AvgIpc) is 2.41. The van der Waals surface area contributed by atoms with Crippen LogP contribution in [0.2, 0.25) is 0 Å². The van der Waals surface area contributed by atoms with Gasteiger partial charge in [-0.05, 0) is 44.6 Å². The highest BCUT2D eigenvalue weighted by Gasteiger charge is 2.44. The molecule has 0 aromatic carbocycles. The maximum atomic E-state index is 13.4. The number of fused-ring (bicyclic) bond motifs is 1. The summed E-state index contributed by atoms with van der Waals surface area (Å²) in [5.74, 6) is 0.761. The van der Waals surface area contributed by atoms with Crippen LogP contribution in [0, 0.1) is 11.1 Å². The molecule has 3 heterocycles. The van der Waals surface area contributed by atoms with E-state index in [4.69, 9.17) is 0 Å². The standard InChI is InChI=1S/C16H30N2O/c1-13-10-15-7-3-5-9-18(15,19)16(11-13)12-14-6-2-4-8-17-14/h13-17H,2-12H2,1H3/t13-,14+,15-,16+,18?/m0/s1. The van der Waals surface area contributed by atoms with Crippen LogP contribution in [-0.4, -0.2) is 35.9 Å². The molecule has 0 bridgehead atoms. The Bertz CT molecular complexity index is 303. The molecule has 0 aromatic heterocycles. The number of rotatable bonds is 2. The molecular formula is C16H30N2O. The van der Waals surface area contributed by atoms with Gasteiger partial charge in [-0.3, -0.25) is 0 Å². The Morgan fingerprint density at radius 3 is 2.74 bits per heavy atom. The quantitative estimate of drug-likeness (QED) is 0.615. The average molecular weight is 266 g/mol. The molecule has 3 rings (SSSR count). The largest absolute Gasteiger partial charge is 0.632 e. The van der Waals surface area contributed by atoms with Crippen molar-refractivity contribution in [3.05, 3.63) is 5.21 Å². The van der Waals surface area contributed by atoms with Gasteiger partial charge in [-0.2, -0.15) is 0 Å². The van der Waals surface area contributed by atoms with Crippen LogP contribution >= 0.6 is 0 Å². The van der Waals surface area contributed by atoms with Gasteiger partial charge in [0.05, 0.1) is 18.6 Å². The first-order chi connectivity index (χ1) is 9.18. The topological polar surface area (TPSA) is 35.1 Å². The molecule has 0 amide bonds. The minimum atomic E-state index is 0.169. The van der Waals surface area contributed by atoms with E-state index in [1.54, 1.807) is 0 Å². The van der Waals surface area contributed by atoms with Gasteiger partial charge in [0, 0.05) is 25.3 Å². The van der Waals surface area contributed by atoms with Crippen LogP contribution in [-0.2, 0) is 0 Å². The monoisotopic (exact) mass is 266 g/mol. The van der Waals surface area contributed by atoms with Gasteiger partial charge in [0.2, 0.25) is 0 Å². The highest BCUT2D eigenvalue weighted by atomic mass is 16.6. The number of hydrogen-bond acceptors (Lipinski definition) is 2. The predicted octanol–water partition coefficient (Wildman–Crippen LogP) is 3.18. The summed E-state index contributed by atoms with van der Waals surface area (Å²) < 4.78 is 0.169. The van der Waals surface area contributed by atoms with Crippen LogP contribution in [0.15, 0.2) is 0 Å². The zero-order valence-electron chi connectivity index (χ0n) is 12.4. The van der Waals surface area contributed by atoms with Crippen molar-refractivity contribution < 1.29 is 4.65 Å². The third kappa shape index (κ3) is 2.84. The maximum absolute atomic E-state index is 13.4. The second-order valence-corrected chi connectivity index (χ2v) is 7.34. The fraction of sp³-hybridized carbons (Fsp3) is 1.00. The summed E-state index contributed by atoms with van der Waals surface area (Å²) in [4.78, 5) is 0. The van der Waals surface area contributed by atoms with E-state index in [-0.39, 0.29) is 4.65 Å². The Balaban J connectivity index is 1.69. The number of nitrogens with zero attached hydrogens (tertiary/aromatic N) is 1. The normalized spacial score (nSPS) is 47.7. The second-order valence-electron chi connectivity index (χ2n) is 7.34. The van der Waals surface area contributed by atoms with Crippen molar-refractivity contribution in [2.45, 2.75) is 82.8 Å². The molecule has 3 heteroatoms. The van der Waals surface area contributed by atoms with Crippen LogP contribution in [0.1, 0.15) is 64.7 Å².